The highest BCUT2D eigenvalue weighted by molar-refractivity contribution is 7.15. The molecule has 6 nitrogen and oxygen atoms in total. The monoisotopic (exact) mass is 268 g/mol. The number of ether oxygens (including phenoxy) is 1. The fraction of sp³-hybridized carbons (Fsp3) is 0.455. The van der Waals surface area contributed by atoms with Crippen molar-refractivity contribution in [3.63, 3.8) is 0 Å². The molecule has 0 aliphatic heterocycles. The first-order chi connectivity index (χ1) is 8.67. The average molecular weight is 268 g/mol. The van der Waals surface area contributed by atoms with Gasteiger partial charge in [0.05, 0.1) is 13.2 Å². The topological polar surface area (TPSA) is 67.7 Å². The van der Waals surface area contributed by atoms with E-state index in [1.807, 2.05) is 22.9 Å². The Morgan fingerprint density at radius 2 is 2.44 bits per heavy atom. The Morgan fingerprint density at radius 1 is 1.67 bits per heavy atom. The molecule has 0 saturated heterocycles. The fourth-order valence-corrected chi connectivity index (χ4v) is 2.42. The molecule has 18 heavy (non-hydrogen) atoms. The Labute approximate surface area is 109 Å². The van der Waals surface area contributed by atoms with E-state index in [0.29, 0.717) is 12.4 Å². The standard InChI is InChI=1S/C11H16N4O2S/c1-7(9(16)12-2)13-6-8-10(17-3)14-11-15(8)4-5-18-11/h4-5,7,13H,6H2,1-3H3,(H,12,16). The van der Waals surface area contributed by atoms with Gasteiger partial charge in [-0.1, -0.05) is 0 Å². The number of imidazole rings is 1. The second-order valence-corrected chi connectivity index (χ2v) is 4.71. The van der Waals surface area contributed by atoms with E-state index in [0.717, 1.165) is 10.7 Å². The summed E-state index contributed by atoms with van der Waals surface area (Å²) in [4.78, 5) is 16.7. The van der Waals surface area contributed by atoms with Gasteiger partial charge in [-0.25, -0.2) is 0 Å². The van der Waals surface area contributed by atoms with Crippen LogP contribution in [0.2, 0.25) is 0 Å². The molecule has 1 atom stereocenters. The van der Waals surface area contributed by atoms with Gasteiger partial charge in [0.15, 0.2) is 4.96 Å². The van der Waals surface area contributed by atoms with E-state index < -0.39 is 0 Å². The Balaban J connectivity index is 2.15. The number of hydrogen-bond acceptors (Lipinski definition) is 5. The summed E-state index contributed by atoms with van der Waals surface area (Å²) >= 11 is 1.55. The largest absolute Gasteiger partial charge is 0.480 e. The summed E-state index contributed by atoms with van der Waals surface area (Å²) < 4.78 is 7.21. The van der Waals surface area contributed by atoms with Gasteiger partial charge in [-0.05, 0) is 6.92 Å². The van der Waals surface area contributed by atoms with Crippen LogP contribution in [0.25, 0.3) is 4.96 Å². The number of likely N-dealkylation sites (N-methyl/N-ethyl adjacent to an activating group) is 1. The molecule has 2 aromatic heterocycles. The van der Waals surface area contributed by atoms with Gasteiger partial charge < -0.3 is 15.4 Å². The number of methoxy groups -OCH3 is 1. The van der Waals surface area contributed by atoms with Crippen molar-refractivity contribution < 1.29 is 9.53 Å². The maximum Gasteiger partial charge on any atom is 0.237 e. The lowest BCUT2D eigenvalue weighted by Crippen LogP contribution is -2.40. The third-order valence-electron chi connectivity index (χ3n) is 2.73. The normalized spacial score (nSPS) is 12.6. The van der Waals surface area contributed by atoms with Gasteiger partial charge >= 0.3 is 0 Å². The lowest BCUT2D eigenvalue weighted by molar-refractivity contribution is -0.122. The third kappa shape index (κ3) is 2.32. The predicted molar refractivity (Wildman–Crippen MR) is 70.0 cm³/mol. The van der Waals surface area contributed by atoms with Crippen LogP contribution in [0.5, 0.6) is 5.88 Å². The van der Waals surface area contributed by atoms with Gasteiger partial charge in [0.25, 0.3) is 0 Å². The number of rotatable bonds is 5. The minimum absolute atomic E-state index is 0.0416. The summed E-state index contributed by atoms with van der Waals surface area (Å²) in [6, 6.07) is -0.260. The summed E-state index contributed by atoms with van der Waals surface area (Å²) in [5, 5.41) is 7.71. The molecule has 98 valence electrons. The molecule has 7 heteroatoms. The smallest absolute Gasteiger partial charge is 0.237 e. The first-order valence-electron chi connectivity index (χ1n) is 5.60. The number of carbonyl (C=O) groups is 1. The molecule has 2 aromatic rings. The Hall–Kier alpha value is -1.60. The van der Waals surface area contributed by atoms with Crippen molar-refractivity contribution in [3.8, 4) is 5.88 Å². The minimum Gasteiger partial charge on any atom is -0.480 e. The van der Waals surface area contributed by atoms with Crippen LogP contribution in [-0.4, -0.2) is 35.5 Å². The summed E-state index contributed by atoms with van der Waals surface area (Å²) in [5.41, 5.74) is 0.921. The summed E-state index contributed by atoms with van der Waals surface area (Å²) in [5.74, 6) is 0.554. The fourth-order valence-electron chi connectivity index (χ4n) is 1.70. The molecule has 2 heterocycles. The molecule has 0 aliphatic rings. The molecule has 0 spiro atoms. The summed E-state index contributed by atoms with van der Waals surface area (Å²) in [6.45, 7) is 2.34. The number of nitrogens with zero attached hydrogens (tertiary/aromatic N) is 2. The number of thiazole rings is 1. The third-order valence-corrected chi connectivity index (χ3v) is 3.49. The maximum atomic E-state index is 11.4. The van der Waals surface area contributed by atoms with Crippen LogP contribution in [0, 0.1) is 0 Å². The van der Waals surface area contributed by atoms with Gasteiger partial charge in [0.2, 0.25) is 11.8 Å². The number of aromatic nitrogens is 2. The molecular weight excluding hydrogens is 252 g/mol. The quantitative estimate of drug-likeness (QED) is 0.834. The van der Waals surface area contributed by atoms with Gasteiger partial charge in [-0.2, -0.15) is 4.98 Å². The molecule has 2 N–H and O–H groups in total. The first kappa shape index (κ1) is 12.8. The highest BCUT2D eigenvalue weighted by atomic mass is 32.1. The van der Waals surface area contributed by atoms with Gasteiger partial charge in [0, 0.05) is 25.2 Å². The first-order valence-corrected chi connectivity index (χ1v) is 6.48. The number of amides is 1. The second kappa shape index (κ2) is 5.36. The zero-order chi connectivity index (χ0) is 13.1. The average Bonchev–Trinajstić information content (AvgIpc) is 2.95. The number of hydrogen-bond donors (Lipinski definition) is 2. The molecule has 1 amide bonds. The van der Waals surface area contributed by atoms with Gasteiger partial charge in [-0.3, -0.25) is 9.20 Å². The SMILES string of the molecule is CNC(=O)C(C)NCc1c(OC)nc2sccn12. The van der Waals surface area contributed by atoms with Crippen molar-refractivity contribution in [1.82, 2.24) is 20.0 Å². The van der Waals surface area contributed by atoms with Crippen LogP contribution in [0.3, 0.4) is 0 Å². The van der Waals surface area contributed by atoms with Crippen molar-refractivity contribution in [2.24, 2.45) is 0 Å². The van der Waals surface area contributed by atoms with E-state index in [4.69, 9.17) is 4.74 Å². The Bertz CT molecular complexity index is 548. The molecular formula is C11H16N4O2S. The highest BCUT2D eigenvalue weighted by Gasteiger charge is 2.16. The predicted octanol–water partition coefficient (Wildman–Crippen LogP) is 0.628. The van der Waals surface area contributed by atoms with E-state index in [9.17, 15) is 4.79 Å². The van der Waals surface area contributed by atoms with Crippen LogP contribution in [-0.2, 0) is 11.3 Å². The van der Waals surface area contributed by atoms with Crippen molar-refractivity contribution in [3.05, 3.63) is 17.3 Å². The van der Waals surface area contributed by atoms with E-state index in [-0.39, 0.29) is 11.9 Å². The number of carbonyl (C=O) groups excluding carboxylic acids is 1. The van der Waals surface area contributed by atoms with Crippen molar-refractivity contribution in [2.45, 2.75) is 19.5 Å². The molecule has 0 saturated carbocycles. The van der Waals surface area contributed by atoms with Crippen molar-refractivity contribution in [1.29, 1.82) is 0 Å². The Morgan fingerprint density at radius 3 is 3.11 bits per heavy atom. The van der Waals surface area contributed by atoms with E-state index >= 15 is 0 Å². The van der Waals surface area contributed by atoms with Crippen LogP contribution >= 0.6 is 11.3 Å². The molecule has 0 bridgehead atoms. The molecule has 2 rings (SSSR count). The van der Waals surface area contributed by atoms with Gasteiger partial charge in [0.1, 0.15) is 5.69 Å². The number of fused-ring (bicyclic) bond motifs is 1. The molecule has 0 aromatic carbocycles. The lowest BCUT2D eigenvalue weighted by Gasteiger charge is -2.12. The van der Waals surface area contributed by atoms with E-state index in [1.54, 1.807) is 25.5 Å². The van der Waals surface area contributed by atoms with Gasteiger partial charge in [-0.15, -0.1) is 11.3 Å². The minimum atomic E-state index is -0.260. The van der Waals surface area contributed by atoms with Crippen LogP contribution < -0.4 is 15.4 Å². The molecule has 1 unspecified atom stereocenters. The summed E-state index contributed by atoms with van der Waals surface area (Å²) in [6.07, 6.45) is 1.94. The lowest BCUT2D eigenvalue weighted by atomic mass is 10.3. The number of nitrogens with one attached hydrogen (secondary N) is 2. The van der Waals surface area contributed by atoms with Crippen LogP contribution in [0.15, 0.2) is 11.6 Å². The molecule has 0 radical (unpaired) electrons. The maximum absolute atomic E-state index is 11.4. The van der Waals surface area contributed by atoms with Crippen LogP contribution in [0.1, 0.15) is 12.6 Å². The Kier molecular flexibility index (Phi) is 3.83. The second-order valence-electron chi connectivity index (χ2n) is 3.84. The highest BCUT2D eigenvalue weighted by Crippen LogP contribution is 2.22. The van der Waals surface area contributed by atoms with E-state index in [1.165, 1.54) is 0 Å². The van der Waals surface area contributed by atoms with Crippen LogP contribution in [0.4, 0.5) is 0 Å². The van der Waals surface area contributed by atoms with Crippen molar-refractivity contribution >= 4 is 22.2 Å². The summed E-state index contributed by atoms with van der Waals surface area (Å²) in [7, 11) is 3.22. The van der Waals surface area contributed by atoms with E-state index in [2.05, 4.69) is 15.6 Å². The zero-order valence-electron chi connectivity index (χ0n) is 10.6. The molecule has 0 aliphatic carbocycles. The van der Waals surface area contributed by atoms with Crippen molar-refractivity contribution in [2.75, 3.05) is 14.2 Å². The molecule has 0 fully saturated rings. The zero-order valence-corrected chi connectivity index (χ0v) is 11.4.